The van der Waals surface area contributed by atoms with Crippen LogP contribution < -0.4 is 11.3 Å². The number of nitrogen functional groups attached to an aromatic ring is 1. The maximum absolute atomic E-state index is 13.0. The van der Waals surface area contributed by atoms with Crippen molar-refractivity contribution in [2.45, 2.75) is 32.9 Å². The summed E-state index contributed by atoms with van der Waals surface area (Å²) in [6.07, 6.45) is 4.97. The summed E-state index contributed by atoms with van der Waals surface area (Å²) in [6, 6.07) is 7.42. The normalized spacial score (nSPS) is 11.4. The van der Waals surface area contributed by atoms with Crippen molar-refractivity contribution in [2.75, 3.05) is 5.73 Å². The number of anilines is 1. The summed E-state index contributed by atoms with van der Waals surface area (Å²) in [4.78, 5) is 30.2. The van der Waals surface area contributed by atoms with E-state index in [1.54, 1.807) is 10.9 Å². The Morgan fingerprint density at radius 3 is 2.85 bits per heavy atom. The number of rotatable bonds is 5. The van der Waals surface area contributed by atoms with Crippen molar-refractivity contribution < 1.29 is 0 Å². The molecule has 4 aromatic rings. The highest BCUT2D eigenvalue weighted by atomic mass is 16.1. The van der Waals surface area contributed by atoms with Gasteiger partial charge in [-0.1, -0.05) is 25.5 Å². The number of benzene rings is 1. The van der Waals surface area contributed by atoms with Crippen molar-refractivity contribution in [3.05, 3.63) is 53.1 Å². The number of fused-ring (bicyclic) bond motifs is 2. The largest absolute Gasteiger partial charge is 0.382 e. The molecule has 0 bridgehead atoms. The summed E-state index contributed by atoms with van der Waals surface area (Å²) in [5, 5.41) is 0.634. The fourth-order valence-corrected chi connectivity index (χ4v) is 3.05. The van der Waals surface area contributed by atoms with E-state index >= 15 is 0 Å². The highest BCUT2D eigenvalue weighted by Crippen LogP contribution is 2.16. The first-order valence-corrected chi connectivity index (χ1v) is 8.58. The van der Waals surface area contributed by atoms with Gasteiger partial charge in [0.05, 0.1) is 23.8 Å². The average Bonchev–Trinajstić information content (AvgIpc) is 3.06. The monoisotopic (exact) mass is 349 g/mol. The lowest BCUT2D eigenvalue weighted by molar-refractivity contribution is 0.562. The molecule has 0 aliphatic heterocycles. The van der Waals surface area contributed by atoms with Crippen LogP contribution in [0.15, 0.2) is 41.7 Å². The zero-order chi connectivity index (χ0) is 18.1. The molecule has 4 rings (SSSR count). The molecule has 2 N–H and O–H groups in total. The quantitative estimate of drug-likeness (QED) is 0.590. The SMILES string of the molecule is CCCCn1c(Cn2cnc3c(N)ncnc32)nc2ccccc2c1=O. The molecule has 0 spiro atoms. The molecule has 0 unspecified atom stereocenters. The summed E-state index contributed by atoms with van der Waals surface area (Å²) >= 11 is 0. The van der Waals surface area contributed by atoms with Gasteiger partial charge in [0.15, 0.2) is 11.5 Å². The van der Waals surface area contributed by atoms with Gasteiger partial charge in [0.1, 0.15) is 17.7 Å². The van der Waals surface area contributed by atoms with Crippen molar-refractivity contribution in [3.8, 4) is 0 Å². The molecule has 0 saturated heterocycles. The Morgan fingerprint density at radius 1 is 1.15 bits per heavy atom. The molecule has 0 amide bonds. The van der Waals surface area contributed by atoms with Gasteiger partial charge < -0.3 is 10.3 Å². The van der Waals surface area contributed by atoms with Gasteiger partial charge in [-0.3, -0.25) is 9.36 Å². The minimum absolute atomic E-state index is 0.0161. The lowest BCUT2D eigenvalue weighted by Crippen LogP contribution is -2.26. The van der Waals surface area contributed by atoms with Crippen LogP contribution in [0.1, 0.15) is 25.6 Å². The Hall–Kier alpha value is -3.29. The van der Waals surface area contributed by atoms with Crippen LogP contribution in [0.25, 0.3) is 22.1 Å². The van der Waals surface area contributed by atoms with Gasteiger partial charge in [-0.05, 0) is 18.6 Å². The van der Waals surface area contributed by atoms with Crippen LogP contribution in [0, 0.1) is 0 Å². The van der Waals surface area contributed by atoms with Gasteiger partial charge in [0.25, 0.3) is 5.56 Å². The zero-order valence-electron chi connectivity index (χ0n) is 14.5. The Balaban J connectivity index is 1.86. The molecule has 3 aromatic heterocycles. The standard InChI is InChI=1S/C18H19N7O/c1-2-3-8-25-14(23-13-7-5-4-6-12(13)18(25)26)9-24-11-22-15-16(19)20-10-21-17(15)24/h4-7,10-11H,2-3,8-9H2,1H3,(H2,19,20,21). The zero-order valence-corrected chi connectivity index (χ0v) is 14.5. The van der Waals surface area contributed by atoms with Crippen molar-refractivity contribution in [1.82, 2.24) is 29.1 Å². The Bertz CT molecular complexity index is 1150. The molecule has 8 heteroatoms. The molecule has 0 atom stereocenters. The molecule has 1 aromatic carbocycles. The fourth-order valence-electron chi connectivity index (χ4n) is 3.05. The maximum atomic E-state index is 13.0. The van der Waals surface area contributed by atoms with Crippen LogP contribution in [0.4, 0.5) is 5.82 Å². The van der Waals surface area contributed by atoms with Crippen LogP contribution in [-0.2, 0) is 13.1 Å². The number of aromatic nitrogens is 6. The van der Waals surface area contributed by atoms with Gasteiger partial charge in [-0.2, -0.15) is 0 Å². The first-order chi connectivity index (χ1) is 12.7. The molecular weight excluding hydrogens is 330 g/mol. The van der Waals surface area contributed by atoms with E-state index in [9.17, 15) is 4.79 Å². The van der Waals surface area contributed by atoms with Gasteiger partial charge in [0, 0.05) is 6.54 Å². The van der Waals surface area contributed by atoms with E-state index in [0.717, 1.165) is 12.8 Å². The van der Waals surface area contributed by atoms with Gasteiger partial charge >= 0.3 is 0 Å². The summed E-state index contributed by atoms with van der Waals surface area (Å²) in [7, 11) is 0. The number of hydrogen-bond donors (Lipinski definition) is 1. The summed E-state index contributed by atoms with van der Waals surface area (Å²) in [5.41, 5.74) is 7.71. The molecule has 0 saturated carbocycles. The number of nitrogens with zero attached hydrogens (tertiary/aromatic N) is 6. The molecule has 0 aliphatic carbocycles. The van der Waals surface area contributed by atoms with E-state index in [0.29, 0.717) is 46.8 Å². The lowest BCUT2D eigenvalue weighted by Gasteiger charge is -2.14. The molecule has 26 heavy (non-hydrogen) atoms. The number of imidazole rings is 1. The van der Waals surface area contributed by atoms with E-state index in [-0.39, 0.29) is 5.56 Å². The predicted octanol–water partition coefficient (Wildman–Crippen LogP) is 1.97. The molecule has 3 heterocycles. The van der Waals surface area contributed by atoms with E-state index in [4.69, 9.17) is 10.7 Å². The highest BCUT2D eigenvalue weighted by Gasteiger charge is 2.14. The first-order valence-electron chi connectivity index (χ1n) is 8.58. The third-order valence-corrected chi connectivity index (χ3v) is 4.42. The topological polar surface area (TPSA) is 105 Å². The molecular formula is C18H19N7O. The smallest absolute Gasteiger partial charge is 0.261 e. The Morgan fingerprint density at radius 2 is 2.00 bits per heavy atom. The molecule has 0 fully saturated rings. The first kappa shape index (κ1) is 16.2. The minimum atomic E-state index is -0.0161. The number of unbranched alkanes of at least 4 members (excludes halogenated alkanes) is 1. The second-order valence-corrected chi connectivity index (χ2v) is 6.16. The average molecular weight is 349 g/mol. The summed E-state index contributed by atoms with van der Waals surface area (Å²) in [6.45, 7) is 3.12. The number of para-hydroxylation sites is 1. The fraction of sp³-hybridized carbons (Fsp3) is 0.278. The van der Waals surface area contributed by atoms with E-state index < -0.39 is 0 Å². The van der Waals surface area contributed by atoms with Gasteiger partial charge in [-0.25, -0.2) is 19.9 Å². The highest BCUT2D eigenvalue weighted by molar-refractivity contribution is 5.81. The van der Waals surface area contributed by atoms with E-state index in [1.165, 1.54) is 6.33 Å². The second kappa shape index (κ2) is 6.55. The molecule has 8 nitrogen and oxygen atoms in total. The third-order valence-electron chi connectivity index (χ3n) is 4.42. The second-order valence-electron chi connectivity index (χ2n) is 6.16. The molecule has 0 radical (unpaired) electrons. The van der Waals surface area contributed by atoms with Gasteiger partial charge in [-0.15, -0.1) is 0 Å². The van der Waals surface area contributed by atoms with Crippen molar-refractivity contribution in [1.29, 1.82) is 0 Å². The predicted molar refractivity (Wildman–Crippen MR) is 99.7 cm³/mol. The van der Waals surface area contributed by atoms with E-state index in [2.05, 4.69) is 21.9 Å². The minimum Gasteiger partial charge on any atom is -0.382 e. The molecule has 132 valence electrons. The number of nitrogens with two attached hydrogens (primary N) is 1. The lowest BCUT2D eigenvalue weighted by atomic mass is 10.2. The van der Waals surface area contributed by atoms with Crippen molar-refractivity contribution in [2.24, 2.45) is 0 Å². The van der Waals surface area contributed by atoms with Crippen LogP contribution in [0.3, 0.4) is 0 Å². The third kappa shape index (κ3) is 2.69. The summed E-state index contributed by atoms with van der Waals surface area (Å²) in [5.74, 6) is 1.02. The van der Waals surface area contributed by atoms with Crippen LogP contribution in [0.2, 0.25) is 0 Å². The summed E-state index contributed by atoms with van der Waals surface area (Å²) < 4.78 is 3.59. The van der Waals surface area contributed by atoms with Crippen LogP contribution in [-0.4, -0.2) is 29.1 Å². The molecule has 0 aliphatic rings. The van der Waals surface area contributed by atoms with Crippen LogP contribution in [0.5, 0.6) is 0 Å². The van der Waals surface area contributed by atoms with Crippen LogP contribution >= 0.6 is 0 Å². The van der Waals surface area contributed by atoms with Crippen molar-refractivity contribution in [3.63, 3.8) is 0 Å². The maximum Gasteiger partial charge on any atom is 0.261 e. The van der Waals surface area contributed by atoms with Gasteiger partial charge in [0.2, 0.25) is 0 Å². The number of hydrogen-bond acceptors (Lipinski definition) is 6. The van der Waals surface area contributed by atoms with Crippen molar-refractivity contribution >= 4 is 27.9 Å². The van der Waals surface area contributed by atoms with E-state index in [1.807, 2.05) is 28.8 Å². The Labute approximate surface area is 149 Å². The Kier molecular flexibility index (Phi) is 4.08.